The molecular formula is C19H34NP. The number of hydrogen-bond acceptors (Lipinski definition) is 1. The lowest BCUT2D eigenvalue weighted by atomic mass is 9.90. The van der Waals surface area contributed by atoms with Crippen LogP contribution in [0.15, 0.2) is 11.9 Å². The first-order valence-corrected chi connectivity index (χ1v) is 11.1. The summed E-state index contributed by atoms with van der Waals surface area (Å²) in [6.07, 6.45) is 16.6. The van der Waals surface area contributed by atoms with E-state index in [0.29, 0.717) is 5.16 Å². The number of unbranched alkanes of at least 4 members (excludes halogenated alkanes) is 3. The summed E-state index contributed by atoms with van der Waals surface area (Å²) in [6.45, 7) is 5.50. The smallest absolute Gasteiger partial charge is 0.0916 e. The fourth-order valence-corrected chi connectivity index (χ4v) is 8.56. The van der Waals surface area contributed by atoms with Crippen molar-refractivity contribution in [2.24, 2.45) is 0 Å². The first-order chi connectivity index (χ1) is 10.2. The molecule has 0 fully saturated rings. The van der Waals surface area contributed by atoms with Crippen molar-refractivity contribution in [2.45, 2.75) is 90.1 Å². The number of nitriles is 1. The molecule has 21 heavy (non-hydrogen) atoms. The Bertz CT molecular complexity index is 406. The van der Waals surface area contributed by atoms with Gasteiger partial charge in [-0.3, -0.25) is 0 Å². The Hall–Kier alpha value is -0.470. The Morgan fingerprint density at radius 1 is 1.10 bits per heavy atom. The largest absolute Gasteiger partial charge is 0.193 e. The van der Waals surface area contributed by atoms with Gasteiger partial charge < -0.3 is 0 Å². The van der Waals surface area contributed by atoms with Crippen molar-refractivity contribution >= 4 is 12.7 Å². The fraction of sp³-hybridized carbons (Fsp3) is 0.789. The van der Waals surface area contributed by atoms with Gasteiger partial charge >= 0.3 is 0 Å². The predicted octanol–water partition coefficient (Wildman–Crippen LogP) is 6.56. The van der Waals surface area contributed by atoms with E-state index in [1.165, 1.54) is 70.4 Å². The van der Waals surface area contributed by atoms with E-state index in [9.17, 15) is 5.26 Å². The molecule has 0 amide bonds. The third kappa shape index (κ3) is 4.50. The highest BCUT2D eigenvalue weighted by atomic mass is 31.2. The monoisotopic (exact) mass is 307 g/mol. The van der Waals surface area contributed by atoms with Gasteiger partial charge in [-0.15, -0.1) is 0 Å². The van der Waals surface area contributed by atoms with Gasteiger partial charge in [0.15, 0.2) is 0 Å². The molecule has 1 heterocycles. The summed E-state index contributed by atoms with van der Waals surface area (Å²) in [5, 5.41) is 9.90. The maximum Gasteiger partial charge on any atom is 0.0916 e. The van der Waals surface area contributed by atoms with Crippen LogP contribution in [0, 0.1) is 11.3 Å². The van der Waals surface area contributed by atoms with Crippen molar-refractivity contribution in [3.05, 3.63) is 11.9 Å². The highest BCUT2D eigenvalue weighted by Gasteiger charge is 2.41. The summed E-state index contributed by atoms with van der Waals surface area (Å²) < 4.78 is 0. The van der Waals surface area contributed by atoms with Gasteiger partial charge in [0.1, 0.15) is 0 Å². The molecule has 1 nitrogen and oxygen atoms in total. The maximum atomic E-state index is 9.45. The molecule has 120 valence electrons. The van der Waals surface area contributed by atoms with E-state index in [1.54, 1.807) is 0 Å². The third-order valence-corrected chi connectivity index (χ3v) is 10.0. The van der Waals surface area contributed by atoms with Crippen LogP contribution >= 0.6 is 6.89 Å². The zero-order valence-electron chi connectivity index (χ0n) is 14.4. The summed E-state index contributed by atoms with van der Waals surface area (Å²) in [7, 11) is 0. The van der Waals surface area contributed by atoms with Gasteiger partial charge in [0.25, 0.3) is 0 Å². The molecule has 0 spiro atoms. The Kier molecular flexibility index (Phi) is 8.43. The van der Waals surface area contributed by atoms with Crippen LogP contribution in [0.3, 0.4) is 0 Å². The highest BCUT2D eigenvalue weighted by molar-refractivity contribution is 7.79. The van der Waals surface area contributed by atoms with Crippen LogP contribution in [0.1, 0.15) is 85.0 Å². The quantitative estimate of drug-likeness (QED) is 0.443. The molecule has 0 aromatic rings. The van der Waals surface area contributed by atoms with Gasteiger partial charge in [-0.2, -0.15) is 5.26 Å². The fourth-order valence-electron chi connectivity index (χ4n) is 3.86. The van der Waals surface area contributed by atoms with Gasteiger partial charge in [-0.05, 0) is 43.4 Å². The number of nitrogens with zero attached hydrogens (tertiary/aromatic N) is 1. The minimum absolute atomic E-state index is 0.443. The van der Waals surface area contributed by atoms with Crippen LogP contribution in [0.25, 0.3) is 0 Å². The zero-order chi connectivity index (χ0) is 15.6. The van der Waals surface area contributed by atoms with E-state index in [2.05, 4.69) is 44.5 Å². The Balaban J connectivity index is 3.22. The molecule has 1 unspecified atom stereocenters. The molecule has 0 saturated carbocycles. The van der Waals surface area contributed by atoms with E-state index in [-0.39, 0.29) is 0 Å². The van der Waals surface area contributed by atoms with E-state index in [4.69, 9.17) is 0 Å². The van der Waals surface area contributed by atoms with Crippen LogP contribution in [0.4, 0.5) is 0 Å². The van der Waals surface area contributed by atoms with E-state index >= 15 is 0 Å². The van der Waals surface area contributed by atoms with Crippen molar-refractivity contribution in [1.29, 1.82) is 5.26 Å². The molecule has 2 heteroatoms. The molecule has 0 aliphatic carbocycles. The molecule has 1 atom stereocenters. The standard InChI is InChI=1S/C19H34NP/c1-4-7-12-19(13-8-5-2)14-10-11-17-21(19,18-15-20)16-9-6-3/h11,17-18H,4-10,12-14,16H2,1-3H3. The normalized spacial score (nSPS) is 23.7. The second-order valence-corrected chi connectivity index (χ2v) is 10.4. The lowest BCUT2D eigenvalue weighted by Gasteiger charge is -2.47. The summed E-state index contributed by atoms with van der Waals surface area (Å²) >= 11 is 0. The summed E-state index contributed by atoms with van der Waals surface area (Å²) in [5.41, 5.74) is 0. The summed E-state index contributed by atoms with van der Waals surface area (Å²) in [4.78, 5) is 0. The first-order valence-electron chi connectivity index (χ1n) is 8.99. The predicted molar refractivity (Wildman–Crippen MR) is 98.5 cm³/mol. The molecule has 0 bridgehead atoms. The number of rotatable bonds is 9. The van der Waals surface area contributed by atoms with E-state index in [1.807, 2.05) is 0 Å². The SMILES string of the molecule is CCCCC1(CCCC)CCC=CP1(=CC#N)CCCC. The number of hydrogen-bond donors (Lipinski definition) is 0. The molecule has 1 rings (SSSR count). The summed E-state index contributed by atoms with van der Waals surface area (Å²) in [6, 6.07) is 2.47. The molecule has 0 aromatic heterocycles. The summed E-state index contributed by atoms with van der Waals surface area (Å²) in [5.74, 6) is 4.62. The topological polar surface area (TPSA) is 23.8 Å². The highest BCUT2D eigenvalue weighted by Crippen LogP contribution is 2.68. The van der Waals surface area contributed by atoms with Crippen LogP contribution < -0.4 is 0 Å². The maximum absolute atomic E-state index is 9.45. The Labute approximate surface area is 132 Å². The minimum atomic E-state index is -1.37. The van der Waals surface area contributed by atoms with Gasteiger partial charge in [0.05, 0.1) is 6.07 Å². The Morgan fingerprint density at radius 2 is 1.71 bits per heavy atom. The van der Waals surface area contributed by atoms with Crippen molar-refractivity contribution in [2.75, 3.05) is 6.16 Å². The second-order valence-electron chi connectivity index (χ2n) is 6.62. The lowest BCUT2D eigenvalue weighted by molar-refractivity contribution is 0.428. The van der Waals surface area contributed by atoms with Crippen molar-refractivity contribution in [1.82, 2.24) is 0 Å². The third-order valence-electron chi connectivity index (χ3n) is 5.19. The van der Waals surface area contributed by atoms with E-state index in [0.717, 1.165) is 0 Å². The average Bonchev–Trinajstić information content (AvgIpc) is 2.51. The van der Waals surface area contributed by atoms with Gasteiger partial charge in [-0.25, -0.2) is 0 Å². The van der Waals surface area contributed by atoms with Crippen molar-refractivity contribution < 1.29 is 0 Å². The number of allylic oxidation sites excluding steroid dienone is 1. The van der Waals surface area contributed by atoms with Crippen LogP contribution in [-0.4, -0.2) is 17.1 Å². The van der Waals surface area contributed by atoms with Crippen molar-refractivity contribution in [3.8, 4) is 6.07 Å². The van der Waals surface area contributed by atoms with Crippen molar-refractivity contribution in [3.63, 3.8) is 0 Å². The second kappa shape index (κ2) is 9.53. The van der Waals surface area contributed by atoms with E-state index < -0.39 is 6.89 Å². The van der Waals surface area contributed by atoms with Gasteiger partial charge in [0, 0.05) is 5.80 Å². The van der Waals surface area contributed by atoms with Gasteiger partial charge in [-0.1, -0.05) is 71.7 Å². The molecular weight excluding hydrogens is 273 g/mol. The minimum Gasteiger partial charge on any atom is -0.193 e. The lowest BCUT2D eigenvalue weighted by Crippen LogP contribution is -2.32. The molecule has 0 N–H and O–H groups in total. The molecule has 1 aliphatic heterocycles. The molecule has 0 saturated heterocycles. The van der Waals surface area contributed by atoms with Crippen LogP contribution in [0.2, 0.25) is 0 Å². The van der Waals surface area contributed by atoms with Crippen LogP contribution in [0.5, 0.6) is 0 Å². The van der Waals surface area contributed by atoms with Gasteiger partial charge in [0.2, 0.25) is 0 Å². The molecule has 0 radical (unpaired) electrons. The molecule has 1 aliphatic rings. The first kappa shape index (κ1) is 18.6. The molecule has 0 aromatic carbocycles. The Morgan fingerprint density at radius 3 is 2.24 bits per heavy atom. The van der Waals surface area contributed by atoms with Crippen LogP contribution in [-0.2, 0) is 0 Å². The average molecular weight is 307 g/mol. The zero-order valence-corrected chi connectivity index (χ0v) is 15.3.